The number of β-amino-alcohol motifs (C(OH)–C–C–N with tert-alkyl or cyclic N) is 1. The number of piperidine rings is 1. The van der Waals surface area contributed by atoms with Crippen molar-refractivity contribution in [2.24, 2.45) is 0 Å². The lowest BCUT2D eigenvalue weighted by Crippen LogP contribution is -2.64. The molecule has 3 N–H and O–H groups in total. The summed E-state index contributed by atoms with van der Waals surface area (Å²) in [7, 11) is 0. The third-order valence-corrected chi connectivity index (χ3v) is 3.67. The van der Waals surface area contributed by atoms with Crippen LogP contribution in [0.4, 0.5) is 0 Å². The summed E-state index contributed by atoms with van der Waals surface area (Å²) in [6.07, 6.45) is -0.171. The van der Waals surface area contributed by atoms with Crippen LogP contribution in [0.15, 0.2) is 0 Å². The van der Waals surface area contributed by atoms with Crippen LogP contribution in [0.2, 0.25) is 0 Å². The molecule has 0 aromatic rings. The highest BCUT2D eigenvalue weighted by atomic mass is 16.5. The average Bonchev–Trinajstić information content (AvgIpc) is 2.42. The molecule has 118 valence electrons. The number of esters is 1. The molecule has 0 saturated carbocycles. The van der Waals surface area contributed by atoms with Crippen molar-refractivity contribution < 1.29 is 24.9 Å². The van der Waals surface area contributed by atoms with Crippen molar-refractivity contribution in [3.63, 3.8) is 0 Å². The minimum atomic E-state index is -1.32. The molecule has 1 heterocycles. The van der Waals surface area contributed by atoms with Crippen LogP contribution in [0.5, 0.6) is 0 Å². The smallest absolute Gasteiger partial charge is 0.326 e. The first kappa shape index (κ1) is 17.4. The van der Waals surface area contributed by atoms with E-state index in [2.05, 4.69) is 0 Å². The predicted molar refractivity (Wildman–Crippen MR) is 74.2 cm³/mol. The Bertz CT molecular complexity index is 299. The van der Waals surface area contributed by atoms with E-state index in [1.54, 1.807) is 4.90 Å². The van der Waals surface area contributed by atoms with Crippen molar-refractivity contribution in [2.75, 3.05) is 19.7 Å². The van der Waals surface area contributed by atoms with Gasteiger partial charge in [0.05, 0.1) is 12.7 Å². The SMILES string of the molecule is CCCCOC(=O)[C@H]1[C@@H](O)[C@H](O)[C@@H](O)CN1CCCC. The molecule has 6 nitrogen and oxygen atoms in total. The first-order chi connectivity index (χ1) is 9.52. The number of hydrogen-bond acceptors (Lipinski definition) is 6. The Morgan fingerprint density at radius 3 is 2.40 bits per heavy atom. The zero-order valence-electron chi connectivity index (χ0n) is 12.4. The van der Waals surface area contributed by atoms with Gasteiger partial charge in [-0.3, -0.25) is 9.69 Å². The first-order valence-corrected chi connectivity index (χ1v) is 7.47. The second-order valence-corrected chi connectivity index (χ2v) is 5.36. The number of carbonyl (C=O) groups excluding carboxylic acids is 1. The lowest BCUT2D eigenvalue weighted by molar-refractivity contribution is -0.176. The minimum absolute atomic E-state index is 0.172. The van der Waals surface area contributed by atoms with Gasteiger partial charge in [0.25, 0.3) is 0 Å². The fourth-order valence-corrected chi connectivity index (χ4v) is 2.37. The summed E-state index contributed by atoms with van der Waals surface area (Å²) >= 11 is 0. The van der Waals surface area contributed by atoms with Crippen molar-refractivity contribution in [1.29, 1.82) is 0 Å². The number of unbranched alkanes of at least 4 members (excludes halogenated alkanes) is 2. The number of likely N-dealkylation sites (tertiary alicyclic amines) is 1. The zero-order chi connectivity index (χ0) is 15.1. The van der Waals surface area contributed by atoms with Gasteiger partial charge in [-0.2, -0.15) is 0 Å². The highest BCUT2D eigenvalue weighted by Crippen LogP contribution is 2.21. The number of aliphatic hydroxyl groups is 3. The summed E-state index contributed by atoms with van der Waals surface area (Å²) in [5.74, 6) is -0.520. The fourth-order valence-electron chi connectivity index (χ4n) is 2.37. The van der Waals surface area contributed by atoms with E-state index in [9.17, 15) is 20.1 Å². The molecular formula is C14H27NO5. The van der Waals surface area contributed by atoms with Gasteiger partial charge in [-0.05, 0) is 19.4 Å². The maximum Gasteiger partial charge on any atom is 0.326 e. The molecule has 0 unspecified atom stereocenters. The van der Waals surface area contributed by atoms with Gasteiger partial charge in [0, 0.05) is 6.54 Å². The topological polar surface area (TPSA) is 90.2 Å². The van der Waals surface area contributed by atoms with Gasteiger partial charge in [0.1, 0.15) is 18.2 Å². The predicted octanol–water partition coefficient (Wildman–Crippen LogP) is -0.103. The van der Waals surface area contributed by atoms with Gasteiger partial charge in [-0.25, -0.2) is 0 Å². The van der Waals surface area contributed by atoms with Gasteiger partial charge < -0.3 is 20.1 Å². The summed E-state index contributed by atoms with van der Waals surface area (Å²) < 4.78 is 5.15. The van der Waals surface area contributed by atoms with Crippen LogP contribution in [-0.4, -0.2) is 70.2 Å². The Balaban J connectivity index is 2.70. The molecule has 4 atom stereocenters. The second-order valence-electron chi connectivity index (χ2n) is 5.36. The van der Waals surface area contributed by atoms with E-state index >= 15 is 0 Å². The molecule has 1 aliphatic rings. The Labute approximate surface area is 120 Å². The Hall–Kier alpha value is -0.690. The molecule has 20 heavy (non-hydrogen) atoms. The van der Waals surface area contributed by atoms with E-state index in [0.717, 1.165) is 25.7 Å². The zero-order valence-corrected chi connectivity index (χ0v) is 12.4. The maximum absolute atomic E-state index is 12.1. The molecule has 0 spiro atoms. The normalized spacial score (nSPS) is 31.2. The third kappa shape index (κ3) is 4.41. The average molecular weight is 289 g/mol. The van der Waals surface area contributed by atoms with Crippen LogP contribution >= 0.6 is 0 Å². The molecule has 6 heteroatoms. The van der Waals surface area contributed by atoms with Gasteiger partial charge >= 0.3 is 5.97 Å². The van der Waals surface area contributed by atoms with E-state index in [0.29, 0.717) is 13.2 Å². The third-order valence-electron chi connectivity index (χ3n) is 3.67. The number of carbonyl (C=O) groups is 1. The van der Waals surface area contributed by atoms with Crippen molar-refractivity contribution in [3.8, 4) is 0 Å². The number of hydrogen-bond donors (Lipinski definition) is 3. The van der Waals surface area contributed by atoms with Gasteiger partial charge in [-0.15, -0.1) is 0 Å². The molecule has 1 saturated heterocycles. The standard InChI is InChI=1S/C14H27NO5/c1-3-5-7-15-9-10(16)12(17)13(18)11(15)14(19)20-8-6-4-2/h10-13,16-18H,3-9H2,1-2H3/t10-,11+,12+,13+/m0/s1. The fraction of sp³-hybridized carbons (Fsp3) is 0.929. The van der Waals surface area contributed by atoms with Crippen molar-refractivity contribution in [3.05, 3.63) is 0 Å². The quantitative estimate of drug-likeness (QED) is 0.448. The molecule has 0 radical (unpaired) electrons. The highest BCUT2D eigenvalue weighted by Gasteiger charge is 2.45. The van der Waals surface area contributed by atoms with E-state index < -0.39 is 30.3 Å². The van der Waals surface area contributed by atoms with E-state index in [1.807, 2.05) is 13.8 Å². The summed E-state index contributed by atoms with van der Waals surface area (Å²) in [6, 6.07) is -0.892. The molecule has 1 rings (SSSR count). The Kier molecular flexibility index (Phi) is 7.43. The minimum Gasteiger partial charge on any atom is -0.464 e. The van der Waals surface area contributed by atoms with Gasteiger partial charge in [-0.1, -0.05) is 26.7 Å². The summed E-state index contributed by atoms with van der Waals surface area (Å²) in [4.78, 5) is 13.8. The van der Waals surface area contributed by atoms with Crippen LogP contribution in [0.3, 0.4) is 0 Å². The molecule has 0 aromatic heterocycles. The monoisotopic (exact) mass is 289 g/mol. The highest BCUT2D eigenvalue weighted by molar-refractivity contribution is 5.77. The molecule has 0 bridgehead atoms. The van der Waals surface area contributed by atoms with Crippen molar-refractivity contribution >= 4 is 5.97 Å². The lowest BCUT2D eigenvalue weighted by atomic mass is 9.93. The van der Waals surface area contributed by atoms with E-state index in [-0.39, 0.29) is 6.54 Å². The summed E-state index contributed by atoms with van der Waals surface area (Å²) in [5, 5.41) is 29.5. The van der Waals surface area contributed by atoms with Gasteiger partial charge in [0.2, 0.25) is 0 Å². The van der Waals surface area contributed by atoms with Crippen LogP contribution in [0.25, 0.3) is 0 Å². The maximum atomic E-state index is 12.1. The summed E-state index contributed by atoms with van der Waals surface area (Å²) in [6.45, 7) is 5.10. The van der Waals surface area contributed by atoms with Crippen LogP contribution in [0.1, 0.15) is 39.5 Å². The lowest BCUT2D eigenvalue weighted by Gasteiger charge is -2.42. The largest absolute Gasteiger partial charge is 0.464 e. The second kappa shape index (κ2) is 8.56. The molecule has 1 fully saturated rings. The van der Waals surface area contributed by atoms with Crippen molar-refractivity contribution in [2.45, 2.75) is 63.9 Å². The van der Waals surface area contributed by atoms with Gasteiger partial charge in [0.15, 0.2) is 0 Å². The van der Waals surface area contributed by atoms with Crippen molar-refractivity contribution in [1.82, 2.24) is 4.90 Å². The Morgan fingerprint density at radius 2 is 1.80 bits per heavy atom. The molecule has 0 aliphatic carbocycles. The van der Waals surface area contributed by atoms with Crippen LogP contribution < -0.4 is 0 Å². The van der Waals surface area contributed by atoms with Crippen LogP contribution in [0, 0.1) is 0 Å². The first-order valence-electron chi connectivity index (χ1n) is 7.47. The number of rotatable bonds is 7. The molecule has 1 aliphatic heterocycles. The summed E-state index contributed by atoms with van der Waals surface area (Å²) in [5.41, 5.74) is 0. The number of aliphatic hydroxyl groups excluding tert-OH is 3. The van der Waals surface area contributed by atoms with E-state index in [1.165, 1.54) is 0 Å². The molecular weight excluding hydrogens is 262 g/mol. The number of nitrogens with zero attached hydrogens (tertiary/aromatic N) is 1. The van der Waals surface area contributed by atoms with E-state index in [4.69, 9.17) is 4.74 Å². The van der Waals surface area contributed by atoms with Crippen LogP contribution in [-0.2, 0) is 9.53 Å². The molecule has 0 amide bonds. The number of ether oxygens (including phenoxy) is 1. The Morgan fingerprint density at radius 1 is 1.15 bits per heavy atom. The molecule has 0 aromatic carbocycles.